The van der Waals surface area contributed by atoms with E-state index < -0.39 is 0 Å². The molecule has 0 radical (unpaired) electrons. The van der Waals surface area contributed by atoms with Gasteiger partial charge in [-0.05, 0) is 48.7 Å². The number of benzene rings is 1. The summed E-state index contributed by atoms with van der Waals surface area (Å²) < 4.78 is 6.05. The van der Waals surface area contributed by atoms with Crippen molar-refractivity contribution in [2.45, 2.75) is 13.0 Å². The van der Waals surface area contributed by atoms with Crippen LogP contribution in [0.15, 0.2) is 12.1 Å². The van der Waals surface area contributed by atoms with E-state index in [1.54, 1.807) is 12.1 Å². The van der Waals surface area contributed by atoms with Crippen LogP contribution >= 0.6 is 34.2 Å². The number of amides is 1. The second kappa shape index (κ2) is 7.16. The zero-order valence-corrected chi connectivity index (χ0v) is 13.4. The smallest absolute Gasteiger partial charge is 0.255 e. The summed E-state index contributed by atoms with van der Waals surface area (Å²) in [5.74, 6) is 0.339. The SMILES string of the molecule is CNC(C)CNC(=O)c1cc(Cl)c(I)cc1OC. The molecule has 1 unspecified atom stereocenters. The second-order valence-corrected chi connectivity index (χ2v) is 5.44. The van der Waals surface area contributed by atoms with Crippen LogP contribution in [0.1, 0.15) is 17.3 Å². The van der Waals surface area contributed by atoms with Crippen LogP contribution in [0.3, 0.4) is 0 Å². The molecule has 0 bridgehead atoms. The van der Waals surface area contributed by atoms with Crippen molar-refractivity contribution in [1.29, 1.82) is 0 Å². The Kier molecular flexibility index (Phi) is 6.17. The van der Waals surface area contributed by atoms with Crippen molar-refractivity contribution in [3.8, 4) is 5.75 Å². The molecule has 0 heterocycles. The van der Waals surface area contributed by atoms with E-state index >= 15 is 0 Å². The Morgan fingerprint density at radius 1 is 1.56 bits per heavy atom. The minimum Gasteiger partial charge on any atom is -0.496 e. The lowest BCUT2D eigenvalue weighted by molar-refractivity contribution is 0.0947. The summed E-state index contributed by atoms with van der Waals surface area (Å²) in [4.78, 5) is 12.0. The lowest BCUT2D eigenvalue weighted by Gasteiger charge is -2.13. The summed E-state index contributed by atoms with van der Waals surface area (Å²) >= 11 is 8.12. The molecule has 100 valence electrons. The summed E-state index contributed by atoms with van der Waals surface area (Å²) in [5.41, 5.74) is 0.450. The number of carbonyl (C=O) groups is 1. The third-order valence-electron chi connectivity index (χ3n) is 2.55. The number of ether oxygens (including phenoxy) is 1. The van der Waals surface area contributed by atoms with E-state index in [0.29, 0.717) is 22.9 Å². The van der Waals surface area contributed by atoms with Crippen LogP contribution in [0, 0.1) is 3.57 Å². The largest absolute Gasteiger partial charge is 0.496 e. The van der Waals surface area contributed by atoms with Crippen LogP contribution in [0.4, 0.5) is 0 Å². The zero-order chi connectivity index (χ0) is 13.7. The fourth-order valence-corrected chi connectivity index (χ4v) is 1.92. The summed E-state index contributed by atoms with van der Waals surface area (Å²) in [5, 5.41) is 6.42. The van der Waals surface area contributed by atoms with E-state index in [4.69, 9.17) is 16.3 Å². The van der Waals surface area contributed by atoms with Gasteiger partial charge in [0, 0.05) is 16.2 Å². The highest BCUT2D eigenvalue weighted by atomic mass is 127. The molecule has 0 aliphatic carbocycles. The third kappa shape index (κ3) is 4.00. The monoisotopic (exact) mass is 382 g/mol. The van der Waals surface area contributed by atoms with Gasteiger partial charge in [0.05, 0.1) is 17.7 Å². The van der Waals surface area contributed by atoms with Crippen molar-refractivity contribution in [2.24, 2.45) is 0 Å². The Bertz CT molecular complexity index is 440. The molecule has 0 saturated carbocycles. The van der Waals surface area contributed by atoms with Crippen molar-refractivity contribution in [1.82, 2.24) is 10.6 Å². The quantitative estimate of drug-likeness (QED) is 0.768. The highest BCUT2D eigenvalue weighted by Crippen LogP contribution is 2.28. The number of rotatable bonds is 5. The molecule has 0 aromatic heterocycles. The van der Waals surface area contributed by atoms with Gasteiger partial charge in [0.1, 0.15) is 5.75 Å². The van der Waals surface area contributed by atoms with Crippen molar-refractivity contribution >= 4 is 40.1 Å². The van der Waals surface area contributed by atoms with Gasteiger partial charge in [-0.3, -0.25) is 4.79 Å². The average molecular weight is 383 g/mol. The minimum atomic E-state index is -0.188. The molecule has 1 amide bonds. The molecular formula is C12H16ClIN2O2. The average Bonchev–Trinajstić information content (AvgIpc) is 2.37. The number of carbonyl (C=O) groups excluding carboxylic acids is 1. The first kappa shape index (κ1) is 15.5. The predicted octanol–water partition coefficient (Wildman–Crippen LogP) is 2.29. The van der Waals surface area contributed by atoms with E-state index in [-0.39, 0.29) is 11.9 Å². The molecular weight excluding hydrogens is 367 g/mol. The van der Waals surface area contributed by atoms with E-state index in [1.165, 1.54) is 7.11 Å². The lowest BCUT2D eigenvalue weighted by atomic mass is 10.2. The van der Waals surface area contributed by atoms with Gasteiger partial charge in [0.15, 0.2) is 0 Å². The van der Waals surface area contributed by atoms with Crippen molar-refractivity contribution in [3.63, 3.8) is 0 Å². The molecule has 1 rings (SSSR count). The van der Waals surface area contributed by atoms with Gasteiger partial charge in [0.2, 0.25) is 0 Å². The molecule has 4 nitrogen and oxygen atoms in total. The van der Waals surface area contributed by atoms with Crippen LogP contribution in [0.2, 0.25) is 5.02 Å². The molecule has 1 atom stereocenters. The highest BCUT2D eigenvalue weighted by molar-refractivity contribution is 14.1. The number of hydrogen-bond acceptors (Lipinski definition) is 3. The molecule has 6 heteroatoms. The third-order valence-corrected chi connectivity index (χ3v) is 4.07. The number of nitrogens with one attached hydrogen (secondary N) is 2. The Labute approximate surface area is 126 Å². The van der Waals surface area contributed by atoms with Gasteiger partial charge in [-0.25, -0.2) is 0 Å². The normalized spacial score (nSPS) is 12.1. The second-order valence-electron chi connectivity index (χ2n) is 3.87. The number of methoxy groups -OCH3 is 1. The number of halogens is 2. The molecule has 0 aliphatic rings. The molecule has 2 N–H and O–H groups in total. The van der Waals surface area contributed by atoms with Crippen LogP contribution < -0.4 is 15.4 Å². The predicted molar refractivity (Wildman–Crippen MR) is 81.6 cm³/mol. The van der Waals surface area contributed by atoms with E-state index in [1.807, 2.05) is 14.0 Å². The van der Waals surface area contributed by atoms with Crippen molar-refractivity contribution in [3.05, 3.63) is 26.3 Å². The maximum Gasteiger partial charge on any atom is 0.255 e. The summed E-state index contributed by atoms with van der Waals surface area (Å²) in [6.45, 7) is 2.53. The Hall–Kier alpha value is -0.530. The first-order valence-corrected chi connectivity index (χ1v) is 6.93. The fraction of sp³-hybridized carbons (Fsp3) is 0.417. The molecule has 1 aromatic rings. The number of hydrogen-bond donors (Lipinski definition) is 2. The maximum atomic E-state index is 12.0. The van der Waals surface area contributed by atoms with Gasteiger partial charge < -0.3 is 15.4 Å². The van der Waals surface area contributed by atoms with Crippen LogP contribution in [-0.2, 0) is 0 Å². The summed E-state index contributed by atoms with van der Waals surface area (Å²) in [7, 11) is 3.38. The molecule has 18 heavy (non-hydrogen) atoms. The molecule has 1 aromatic carbocycles. The minimum absolute atomic E-state index is 0.188. The molecule has 0 spiro atoms. The zero-order valence-electron chi connectivity index (χ0n) is 10.5. The Balaban J connectivity index is 2.87. The number of likely N-dealkylation sites (N-methyl/N-ethyl adjacent to an activating group) is 1. The van der Waals surface area contributed by atoms with Gasteiger partial charge >= 0.3 is 0 Å². The molecule has 0 fully saturated rings. The first-order chi connectivity index (χ1) is 8.49. The molecule has 0 aliphatic heterocycles. The Morgan fingerprint density at radius 2 is 2.22 bits per heavy atom. The maximum absolute atomic E-state index is 12.0. The van der Waals surface area contributed by atoms with Crippen molar-refractivity contribution < 1.29 is 9.53 Å². The van der Waals surface area contributed by atoms with Crippen molar-refractivity contribution in [2.75, 3.05) is 20.7 Å². The van der Waals surface area contributed by atoms with Crippen LogP contribution in [0.5, 0.6) is 5.75 Å². The molecule has 0 saturated heterocycles. The van der Waals surface area contributed by atoms with Crippen LogP contribution in [-0.4, -0.2) is 32.7 Å². The highest BCUT2D eigenvalue weighted by Gasteiger charge is 2.15. The fourth-order valence-electron chi connectivity index (χ4n) is 1.32. The van der Waals surface area contributed by atoms with Gasteiger partial charge in [-0.15, -0.1) is 0 Å². The standard InChI is InChI=1S/C12H16ClIN2O2/c1-7(15-2)6-16-12(17)8-4-9(13)10(14)5-11(8)18-3/h4-5,7,15H,6H2,1-3H3,(H,16,17). The Morgan fingerprint density at radius 3 is 2.78 bits per heavy atom. The van der Waals surface area contributed by atoms with Gasteiger partial charge in [0.25, 0.3) is 5.91 Å². The first-order valence-electron chi connectivity index (χ1n) is 5.48. The topological polar surface area (TPSA) is 50.4 Å². The van der Waals surface area contributed by atoms with Gasteiger partial charge in [-0.2, -0.15) is 0 Å². The van der Waals surface area contributed by atoms with Gasteiger partial charge in [-0.1, -0.05) is 11.6 Å². The van der Waals surface area contributed by atoms with E-state index in [9.17, 15) is 4.79 Å². The summed E-state index contributed by atoms with van der Waals surface area (Å²) in [6, 6.07) is 3.58. The lowest BCUT2D eigenvalue weighted by Crippen LogP contribution is -2.37. The van der Waals surface area contributed by atoms with E-state index in [2.05, 4.69) is 33.2 Å². The summed E-state index contributed by atoms with van der Waals surface area (Å²) in [6.07, 6.45) is 0. The van der Waals surface area contributed by atoms with Crippen LogP contribution in [0.25, 0.3) is 0 Å². The van der Waals surface area contributed by atoms with E-state index in [0.717, 1.165) is 3.57 Å².